The first-order valence-corrected chi connectivity index (χ1v) is 11.9. The van der Waals surface area contributed by atoms with Crippen LogP contribution in [-0.4, -0.2) is 36.5 Å². The van der Waals surface area contributed by atoms with Crippen molar-refractivity contribution in [2.24, 2.45) is 0 Å². The van der Waals surface area contributed by atoms with Crippen molar-refractivity contribution in [1.29, 1.82) is 0 Å². The van der Waals surface area contributed by atoms with Crippen molar-refractivity contribution in [2.45, 2.75) is 36.7 Å². The predicted octanol–water partition coefficient (Wildman–Crippen LogP) is 3.58. The smallest absolute Gasteiger partial charge is 0.158 e. The highest BCUT2D eigenvalue weighted by atomic mass is 32.2. The number of carbonyl (C=O) groups excluding carboxylic acids is 1. The number of benzene rings is 1. The average molecular weight is 437 g/mol. The zero-order valence-electron chi connectivity index (χ0n) is 17.3. The van der Waals surface area contributed by atoms with Crippen LogP contribution in [-0.2, 0) is 33.2 Å². The van der Waals surface area contributed by atoms with Gasteiger partial charge in [-0.05, 0) is 42.2 Å². The number of hydrogen-bond donors (Lipinski definition) is 0. The van der Waals surface area contributed by atoms with E-state index in [1.165, 1.54) is 0 Å². The van der Waals surface area contributed by atoms with E-state index in [4.69, 9.17) is 4.74 Å². The van der Waals surface area contributed by atoms with E-state index in [0.717, 1.165) is 29.5 Å². The highest BCUT2D eigenvalue weighted by Gasteiger charge is 2.35. The molecule has 0 amide bonds. The zero-order valence-corrected chi connectivity index (χ0v) is 18.1. The molecule has 6 nitrogen and oxygen atoms in total. The minimum atomic E-state index is -3.13. The first-order valence-electron chi connectivity index (χ1n) is 10.2. The highest BCUT2D eigenvalue weighted by Crippen LogP contribution is 2.30. The van der Waals surface area contributed by atoms with Gasteiger partial charge in [-0.2, -0.15) is 0 Å². The first kappa shape index (κ1) is 21.2. The first-order chi connectivity index (χ1) is 14.9. The Balaban J connectivity index is 1.38. The molecule has 160 valence electrons. The van der Waals surface area contributed by atoms with E-state index in [-0.39, 0.29) is 23.2 Å². The van der Waals surface area contributed by atoms with Gasteiger partial charge in [0.2, 0.25) is 0 Å². The topological polar surface area (TPSA) is 86.2 Å². The van der Waals surface area contributed by atoms with Crippen LogP contribution in [0.3, 0.4) is 0 Å². The second-order valence-electron chi connectivity index (χ2n) is 7.83. The largest absolute Gasteiger partial charge is 0.495 e. The van der Waals surface area contributed by atoms with Gasteiger partial charge in [0.15, 0.2) is 9.84 Å². The van der Waals surface area contributed by atoms with E-state index < -0.39 is 9.84 Å². The lowest BCUT2D eigenvalue weighted by atomic mass is 10.0. The molecule has 31 heavy (non-hydrogen) atoms. The minimum absolute atomic E-state index is 0.0329. The molecular formula is C24H24N2O4S. The van der Waals surface area contributed by atoms with Crippen LogP contribution in [0.2, 0.25) is 0 Å². The molecule has 0 radical (unpaired) electrons. The van der Waals surface area contributed by atoms with Crippen molar-refractivity contribution in [2.75, 3.05) is 7.11 Å². The summed E-state index contributed by atoms with van der Waals surface area (Å²) >= 11 is 0. The molecule has 4 rings (SSSR count). The Hall–Kier alpha value is -3.06. The molecule has 0 unspecified atom stereocenters. The van der Waals surface area contributed by atoms with Crippen LogP contribution in [0.15, 0.2) is 60.9 Å². The quantitative estimate of drug-likeness (QED) is 0.510. The fourth-order valence-electron chi connectivity index (χ4n) is 3.45. The van der Waals surface area contributed by atoms with Crippen molar-refractivity contribution in [3.05, 3.63) is 77.9 Å². The second-order valence-corrected chi connectivity index (χ2v) is 10.1. The lowest BCUT2D eigenvalue weighted by Gasteiger charge is -2.07. The number of Topliss-reactive ketones (excluding diaryl/α,β-unsaturated/α-hetero) is 1. The monoisotopic (exact) mass is 436 g/mol. The second kappa shape index (κ2) is 8.98. The molecule has 0 bridgehead atoms. The Bertz CT molecular complexity index is 1190. The molecular weight excluding hydrogens is 412 g/mol. The van der Waals surface area contributed by atoms with Gasteiger partial charge < -0.3 is 4.74 Å². The Morgan fingerprint density at radius 2 is 1.74 bits per heavy atom. The summed E-state index contributed by atoms with van der Waals surface area (Å²) in [4.78, 5) is 21.1. The van der Waals surface area contributed by atoms with Gasteiger partial charge in [0, 0.05) is 30.3 Å². The van der Waals surface area contributed by atoms with Crippen molar-refractivity contribution in [3.8, 4) is 16.9 Å². The van der Waals surface area contributed by atoms with E-state index in [0.29, 0.717) is 23.6 Å². The standard InChI is InChI=1S/C24H24N2O4S/c1-30-23-12-19(14-25-15-23)18-7-5-17(6-8-18)11-22(27)13-20-3-2-4-21(26-20)16-31(28,29)24-9-10-24/h2-8,12,14-15,24H,9-11,13,16H2,1H3. The van der Waals surface area contributed by atoms with Gasteiger partial charge in [-0.15, -0.1) is 0 Å². The summed E-state index contributed by atoms with van der Waals surface area (Å²) in [6, 6.07) is 14.9. The lowest BCUT2D eigenvalue weighted by molar-refractivity contribution is -0.117. The number of ether oxygens (including phenoxy) is 1. The van der Waals surface area contributed by atoms with Gasteiger partial charge in [0.25, 0.3) is 0 Å². The van der Waals surface area contributed by atoms with E-state index >= 15 is 0 Å². The summed E-state index contributed by atoms with van der Waals surface area (Å²) in [6.07, 6.45) is 5.38. The van der Waals surface area contributed by atoms with E-state index in [1.54, 1.807) is 37.7 Å². The maximum absolute atomic E-state index is 12.6. The summed E-state index contributed by atoms with van der Waals surface area (Å²) in [5, 5.41) is -0.213. The van der Waals surface area contributed by atoms with Crippen LogP contribution in [0, 0.1) is 0 Å². The Morgan fingerprint density at radius 1 is 1.00 bits per heavy atom. The van der Waals surface area contributed by atoms with Crippen molar-refractivity contribution >= 4 is 15.6 Å². The molecule has 0 spiro atoms. The maximum atomic E-state index is 12.6. The fourth-order valence-corrected chi connectivity index (χ4v) is 5.12. The van der Waals surface area contributed by atoms with Crippen LogP contribution in [0.1, 0.15) is 29.8 Å². The Labute approximate surface area is 182 Å². The summed E-state index contributed by atoms with van der Waals surface area (Å²) < 4.78 is 29.6. The summed E-state index contributed by atoms with van der Waals surface area (Å²) in [5.74, 6) is 0.669. The number of pyridine rings is 2. The molecule has 0 aliphatic heterocycles. The van der Waals surface area contributed by atoms with E-state index in [1.807, 2.05) is 30.3 Å². The molecule has 7 heteroatoms. The van der Waals surface area contributed by atoms with Crippen molar-refractivity contribution < 1.29 is 17.9 Å². The summed E-state index contributed by atoms with van der Waals surface area (Å²) in [7, 11) is -1.52. The number of rotatable bonds is 9. The molecule has 0 N–H and O–H groups in total. The zero-order chi connectivity index (χ0) is 21.8. The third-order valence-electron chi connectivity index (χ3n) is 5.26. The molecule has 2 heterocycles. The summed E-state index contributed by atoms with van der Waals surface area (Å²) in [6.45, 7) is 0. The minimum Gasteiger partial charge on any atom is -0.495 e. The van der Waals surface area contributed by atoms with Crippen LogP contribution in [0.4, 0.5) is 0 Å². The number of sulfone groups is 1. The molecule has 1 aromatic carbocycles. The Kier molecular flexibility index (Phi) is 6.13. The van der Waals surface area contributed by atoms with Crippen LogP contribution in [0.5, 0.6) is 5.75 Å². The average Bonchev–Trinajstić information content (AvgIpc) is 3.60. The maximum Gasteiger partial charge on any atom is 0.158 e. The van der Waals surface area contributed by atoms with Crippen LogP contribution >= 0.6 is 0 Å². The van der Waals surface area contributed by atoms with Gasteiger partial charge in [-0.25, -0.2) is 8.42 Å². The molecule has 0 saturated heterocycles. The SMILES string of the molecule is COc1cncc(-c2ccc(CC(=O)Cc3cccc(CS(=O)(=O)C4CC4)n3)cc2)c1. The van der Waals surface area contributed by atoms with Crippen LogP contribution in [0.25, 0.3) is 11.1 Å². The number of aromatic nitrogens is 2. The van der Waals surface area contributed by atoms with Gasteiger partial charge >= 0.3 is 0 Å². The van der Waals surface area contributed by atoms with E-state index in [9.17, 15) is 13.2 Å². The molecule has 1 aliphatic rings. The fraction of sp³-hybridized carbons (Fsp3) is 0.292. The molecule has 0 atom stereocenters. The van der Waals surface area contributed by atoms with Gasteiger partial charge in [0.1, 0.15) is 11.5 Å². The lowest BCUT2D eigenvalue weighted by Crippen LogP contribution is -2.13. The van der Waals surface area contributed by atoms with Crippen molar-refractivity contribution in [3.63, 3.8) is 0 Å². The molecule has 1 aliphatic carbocycles. The van der Waals surface area contributed by atoms with Gasteiger partial charge in [0.05, 0.1) is 30.0 Å². The van der Waals surface area contributed by atoms with Crippen LogP contribution < -0.4 is 4.74 Å². The molecule has 1 saturated carbocycles. The number of nitrogens with zero attached hydrogens (tertiary/aromatic N) is 2. The number of methoxy groups -OCH3 is 1. The Morgan fingerprint density at radius 3 is 2.45 bits per heavy atom. The van der Waals surface area contributed by atoms with Crippen molar-refractivity contribution in [1.82, 2.24) is 9.97 Å². The van der Waals surface area contributed by atoms with E-state index in [2.05, 4.69) is 9.97 Å². The molecule has 2 aromatic heterocycles. The predicted molar refractivity (Wildman–Crippen MR) is 119 cm³/mol. The summed E-state index contributed by atoms with van der Waals surface area (Å²) in [5.41, 5.74) is 3.96. The number of carbonyl (C=O) groups is 1. The highest BCUT2D eigenvalue weighted by molar-refractivity contribution is 7.91. The molecule has 3 aromatic rings. The van der Waals surface area contributed by atoms with Gasteiger partial charge in [-0.3, -0.25) is 14.8 Å². The molecule has 1 fully saturated rings. The third-order valence-corrected chi connectivity index (χ3v) is 7.45. The third kappa shape index (κ3) is 5.55. The normalized spacial score (nSPS) is 13.7. The number of hydrogen-bond acceptors (Lipinski definition) is 6. The number of ketones is 1. The van der Waals surface area contributed by atoms with Gasteiger partial charge in [-0.1, -0.05) is 30.3 Å².